The fraction of sp³-hybridized carbons (Fsp3) is 0.333. The molecule has 0 fully saturated rings. The Labute approximate surface area is 135 Å². The van der Waals surface area contributed by atoms with Crippen molar-refractivity contribution < 1.29 is 24.2 Å². The molecule has 0 spiro atoms. The van der Waals surface area contributed by atoms with Crippen LogP contribution in [0.4, 0.5) is 0 Å². The molecule has 0 aliphatic heterocycles. The lowest BCUT2D eigenvalue weighted by Gasteiger charge is -2.06. The molecule has 0 atom stereocenters. The van der Waals surface area contributed by atoms with Crippen molar-refractivity contribution in [1.29, 1.82) is 0 Å². The van der Waals surface area contributed by atoms with E-state index in [4.69, 9.17) is 9.47 Å². The minimum absolute atomic E-state index is 0.230. The lowest BCUT2D eigenvalue weighted by atomic mass is 10.1. The van der Waals surface area contributed by atoms with Gasteiger partial charge in [-0.15, -0.1) is 0 Å². The van der Waals surface area contributed by atoms with Crippen LogP contribution in [0.1, 0.15) is 29.9 Å². The molecule has 118 valence electrons. The molecular weight excluding hydrogens is 354 g/mol. The number of aliphatic hydroxyl groups excluding tert-OH is 1. The average molecular weight is 370 g/mol. The minimum Gasteiger partial charge on any atom is -0.462 e. The van der Waals surface area contributed by atoms with Crippen molar-refractivity contribution in [2.75, 3.05) is 6.61 Å². The Morgan fingerprint density at radius 2 is 2.05 bits per heavy atom. The van der Waals surface area contributed by atoms with E-state index in [1.165, 1.54) is 6.92 Å². The number of aliphatic hydroxyl groups is 1. The van der Waals surface area contributed by atoms with Gasteiger partial charge < -0.3 is 19.1 Å². The molecule has 0 aliphatic carbocycles. The number of nitrogens with zero attached hydrogens (tertiary/aromatic N) is 1. The number of halogens is 1. The molecule has 0 saturated heterocycles. The van der Waals surface area contributed by atoms with Gasteiger partial charge in [0.2, 0.25) is 0 Å². The van der Waals surface area contributed by atoms with Crippen molar-refractivity contribution in [3.05, 3.63) is 27.9 Å². The third-order valence-electron chi connectivity index (χ3n) is 3.26. The molecule has 1 aromatic heterocycles. The summed E-state index contributed by atoms with van der Waals surface area (Å²) < 4.78 is 12.5. The zero-order chi connectivity index (χ0) is 16.4. The van der Waals surface area contributed by atoms with E-state index in [1.807, 2.05) is 0 Å². The molecule has 2 rings (SSSR count). The highest BCUT2D eigenvalue weighted by Gasteiger charge is 2.23. The number of carbonyl (C=O) groups is 2. The fourth-order valence-corrected chi connectivity index (χ4v) is 2.75. The Kier molecular flexibility index (Phi) is 4.87. The van der Waals surface area contributed by atoms with Gasteiger partial charge in [0, 0.05) is 19.4 Å². The molecule has 0 radical (unpaired) electrons. The monoisotopic (exact) mass is 369 g/mol. The molecule has 0 aliphatic rings. The molecule has 1 N–H and O–H groups in total. The summed E-state index contributed by atoms with van der Waals surface area (Å²) in [5.74, 6) is -0.676. The second kappa shape index (κ2) is 6.50. The normalized spacial score (nSPS) is 10.8. The number of hydrogen-bond donors (Lipinski definition) is 1. The average Bonchev–Trinajstić information content (AvgIpc) is 2.71. The maximum atomic E-state index is 12.2. The van der Waals surface area contributed by atoms with Crippen molar-refractivity contribution in [2.45, 2.75) is 20.5 Å². The van der Waals surface area contributed by atoms with Crippen LogP contribution in [-0.2, 0) is 23.2 Å². The predicted octanol–water partition coefficient (Wildman–Crippen LogP) is 2.54. The molecule has 1 aromatic carbocycles. The molecular formula is C15H16BrNO5. The SMILES string of the molecule is CCOC(=O)c1c(CO)n(C)c2cc(Br)c(OC(C)=O)cc12. The van der Waals surface area contributed by atoms with Crippen LogP contribution in [-0.4, -0.2) is 28.2 Å². The Bertz CT molecular complexity index is 750. The number of rotatable bonds is 4. The molecule has 1 heterocycles. The predicted molar refractivity (Wildman–Crippen MR) is 83.8 cm³/mol. The van der Waals surface area contributed by atoms with E-state index in [0.29, 0.717) is 21.3 Å². The summed E-state index contributed by atoms with van der Waals surface area (Å²) >= 11 is 3.33. The number of esters is 2. The van der Waals surface area contributed by atoms with E-state index in [1.54, 1.807) is 30.7 Å². The van der Waals surface area contributed by atoms with Gasteiger partial charge in [0.15, 0.2) is 0 Å². The van der Waals surface area contributed by atoms with Crippen LogP contribution in [0.25, 0.3) is 10.9 Å². The van der Waals surface area contributed by atoms with Gasteiger partial charge in [0.25, 0.3) is 0 Å². The van der Waals surface area contributed by atoms with Crippen molar-refractivity contribution in [3.63, 3.8) is 0 Å². The number of fused-ring (bicyclic) bond motifs is 1. The van der Waals surface area contributed by atoms with Crippen molar-refractivity contribution >= 4 is 38.8 Å². The van der Waals surface area contributed by atoms with E-state index in [2.05, 4.69) is 15.9 Å². The third kappa shape index (κ3) is 2.86. The highest BCUT2D eigenvalue weighted by molar-refractivity contribution is 9.10. The van der Waals surface area contributed by atoms with Crippen LogP contribution in [0, 0.1) is 0 Å². The maximum absolute atomic E-state index is 12.2. The Balaban J connectivity index is 2.74. The number of aromatic nitrogens is 1. The van der Waals surface area contributed by atoms with Gasteiger partial charge in [-0.05, 0) is 35.0 Å². The highest BCUT2D eigenvalue weighted by atomic mass is 79.9. The van der Waals surface area contributed by atoms with Crippen LogP contribution < -0.4 is 4.74 Å². The van der Waals surface area contributed by atoms with Gasteiger partial charge in [-0.1, -0.05) is 0 Å². The third-order valence-corrected chi connectivity index (χ3v) is 3.88. The molecule has 0 bridgehead atoms. The van der Waals surface area contributed by atoms with Gasteiger partial charge >= 0.3 is 11.9 Å². The van der Waals surface area contributed by atoms with E-state index in [9.17, 15) is 14.7 Å². The van der Waals surface area contributed by atoms with E-state index in [-0.39, 0.29) is 18.8 Å². The Hall–Kier alpha value is -1.86. The second-order valence-electron chi connectivity index (χ2n) is 4.65. The van der Waals surface area contributed by atoms with E-state index >= 15 is 0 Å². The van der Waals surface area contributed by atoms with Crippen LogP contribution in [0.5, 0.6) is 5.75 Å². The summed E-state index contributed by atoms with van der Waals surface area (Å²) in [4.78, 5) is 23.4. The van der Waals surface area contributed by atoms with Gasteiger partial charge in [0.05, 0.1) is 34.5 Å². The number of aryl methyl sites for hydroxylation is 1. The quantitative estimate of drug-likeness (QED) is 0.661. The smallest absolute Gasteiger partial charge is 0.340 e. The fourth-order valence-electron chi connectivity index (χ4n) is 2.34. The standard InChI is InChI=1S/C15H16BrNO5/c1-4-21-15(20)14-9-5-13(22-8(2)19)10(16)6-11(9)17(3)12(14)7-18/h5-6,18H,4,7H2,1-3H3. The largest absolute Gasteiger partial charge is 0.462 e. The lowest BCUT2D eigenvalue weighted by molar-refractivity contribution is -0.131. The number of benzene rings is 1. The van der Waals surface area contributed by atoms with Gasteiger partial charge in [-0.3, -0.25) is 4.79 Å². The van der Waals surface area contributed by atoms with E-state index < -0.39 is 11.9 Å². The highest BCUT2D eigenvalue weighted by Crippen LogP contribution is 2.35. The van der Waals surface area contributed by atoms with Crippen LogP contribution >= 0.6 is 15.9 Å². The summed E-state index contributed by atoms with van der Waals surface area (Å²) in [6.45, 7) is 2.93. The zero-order valence-corrected chi connectivity index (χ0v) is 14.1. The molecule has 7 heteroatoms. The second-order valence-corrected chi connectivity index (χ2v) is 5.51. The summed E-state index contributed by atoms with van der Waals surface area (Å²) in [5.41, 5.74) is 1.44. The van der Waals surface area contributed by atoms with Crippen molar-refractivity contribution in [1.82, 2.24) is 4.57 Å². The first-order chi connectivity index (χ1) is 10.4. The first-order valence-electron chi connectivity index (χ1n) is 6.67. The Morgan fingerprint density at radius 3 is 2.59 bits per heavy atom. The maximum Gasteiger partial charge on any atom is 0.340 e. The number of carbonyl (C=O) groups excluding carboxylic acids is 2. The number of ether oxygens (including phenoxy) is 2. The molecule has 0 amide bonds. The van der Waals surface area contributed by atoms with Crippen LogP contribution in [0.15, 0.2) is 16.6 Å². The lowest BCUT2D eigenvalue weighted by Crippen LogP contribution is -2.08. The van der Waals surface area contributed by atoms with E-state index in [0.717, 1.165) is 5.52 Å². The van der Waals surface area contributed by atoms with Gasteiger partial charge in [0.1, 0.15) is 5.75 Å². The molecule has 6 nitrogen and oxygen atoms in total. The zero-order valence-electron chi connectivity index (χ0n) is 12.5. The first kappa shape index (κ1) is 16.5. The summed E-state index contributed by atoms with van der Waals surface area (Å²) in [6.07, 6.45) is 0. The first-order valence-corrected chi connectivity index (χ1v) is 7.47. The summed E-state index contributed by atoms with van der Waals surface area (Å²) in [6, 6.07) is 3.32. The molecule has 0 saturated carbocycles. The van der Waals surface area contributed by atoms with Crippen LogP contribution in [0.3, 0.4) is 0 Å². The summed E-state index contributed by atoms with van der Waals surface area (Å²) in [5, 5.41) is 10.1. The molecule has 22 heavy (non-hydrogen) atoms. The molecule has 2 aromatic rings. The topological polar surface area (TPSA) is 77.8 Å². The van der Waals surface area contributed by atoms with Crippen molar-refractivity contribution in [3.8, 4) is 5.75 Å². The molecule has 0 unspecified atom stereocenters. The van der Waals surface area contributed by atoms with Crippen LogP contribution in [0.2, 0.25) is 0 Å². The number of hydrogen-bond acceptors (Lipinski definition) is 5. The Morgan fingerprint density at radius 1 is 1.36 bits per heavy atom. The van der Waals surface area contributed by atoms with Gasteiger partial charge in [-0.2, -0.15) is 0 Å². The minimum atomic E-state index is -0.520. The van der Waals surface area contributed by atoms with Crippen molar-refractivity contribution in [2.24, 2.45) is 7.05 Å². The van der Waals surface area contributed by atoms with Gasteiger partial charge in [-0.25, -0.2) is 4.79 Å². The summed E-state index contributed by atoms with van der Waals surface area (Å²) in [7, 11) is 1.74.